The van der Waals surface area contributed by atoms with Crippen LogP contribution in [-0.2, 0) is 19.1 Å². The van der Waals surface area contributed by atoms with Gasteiger partial charge in [0.15, 0.2) is 0 Å². The normalized spacial score (nSPS) is 19.1. The van der Waals surface area contributed by atoms with Gasteiger partial charge in [-0.1, -0.05) is 12.8 Å². The Hall–Kier alpha value is -1.14. The first-order chi connectivity index (χ1) is 9.04. The molecule has 0 heterocycles. The molecule has 19 heavy (non-hydrogen) atoms. The molecule has 0 spiro atoms. The Kier molecular flexibility index (Phi) is 6.24. The van der Waals surface area contributed by atoms with Crippen LogP contribution in [0, 0.1) is 5.41 Å². The highest BCUT2D eigenvalue weighted by Crippen LogP contribution is 2.41. The molecule has 0 saturated heterocycles. The summed E-state index contributed by atoms with van der Waals surface area (Å²) in [5.41, 5.74) is -0.867. The van der Waals surface area contributed by atoms with Gasteiger partial charge < -0.3 is 19.9 Å². The van der Waals surface area contributed by atoms with Gasteiger partial charge in [-0.25, -0.2) is 0 Å². The average Bonchev–Trinajstić information content (AvgIpc) is 2.84. The van der Waals surface area contributed by atoms with E-state index in [1.807, 2.05) is 0 Å². The van der Waals surface area contributed by atoms with E-state index in [2.05, 4.69) is 5.32 Å². The van der Waals surface area contributed by atoms with E-state index < -0.39 is 11.4 Å². The molecule has 0 bridgehead atoms. The van der Waals surface area contributed by atoms with Gasteiger partial charge in [0.05, 0.1) is 18.1 Å². The highest BCUT2D eigenvalue weighted by Gasteiger charge is 2.42. The second kappa shape index (κ2) is 7.45. The van der Waals surface area contributed by atoms with Crippen LogP contribution < -0.4 is 5.32 Å². The minimum absolute atomic E-state index is 0.0474. The van der Waals surface area contributed by atoms with Gasteiger partial charge in [-0.3, -0.25) is 9.59 Å². The van der Waals surface area contributed by atoms with Crippen LogP contribution in [0.1, 0.15) is 32.1 Å². The number of methoxy groups -OCH3 is 2. The standard InChI is InChI=1S/C13H23NO5/c1-18-9-10(19-2)8-14-11(15)7-13(12(16)17)5-3-4-6-13/h10H,3-9H2,1-2H3,(H,14,15)(H,16,17). The molecule has 1 saturated carbocycles. The van der Waals surface area contributed by atoms with Crippen LogP contribution in [0.25, 0.3) is 0 Å². The van der Waals surface area contributed by atoms with Gasteiger partial charge in [-0.15, -0.1) is 0 Å². The van der Waals surface area contributed by atoms with E-state index in [9.17, 15) is 14.7 Å². The average molecular weight is 273 g/mol. The minimum atomic E-state index is -0.867. The first-order valence-corrected chi connectivity index (χ1v) is 6.56. The summed E-state index contributed by atoms with van der Waals surface area (Å²) in [7, 11) is 3.11. The van der Waals surface area contributed by atoms with Crippen molar-refractivity contribution >= 4 is 11.9 Å². The van der Waals surface area contributed by atoms with E-state index >= 15 is 0 Å². The highest BCUT2D eigenvalue weighted by molar-refractivity contribution is 5.85. The van der Waals surface area contributed by atoms with Crippen molar-refractivity contribution in [1.82, 2.24) is 5.32 Å². The topological polar surface area (TPSA) is 84.9 Å². The summed E-state index contributed by atoms with van der Waals surface area (Å²) in [6, 6.07) is 0. The summed E-state index contributed by atoms with van der Waals surface area (Å²) in [5.74, 6) is -1.09. The fourth-order valence-corrected chi connectivity index (χ4v) is 2.51. The van der Waals surface area contributed by atoms with E-state index in [0.717, 1.165) is 12.8 Å². The second-order valence-electron chi connectivity index (χ2n) is 5.09. The van der Waals surface area contributed by atoms with Crippen LogP contribution in [0.15, 0.2) is 0 Å². The number of nitrogens with one attached hydrogen (secondary N) is 1. The van der Waals surface area contributed by atoms with Crippen molar-refractivity contribution in [2.24, 2.45) is 5.41 Å². The largest absolute Gasteiger partial charge is 0.481 e. The summed E-state index contributed by atoms with van der Waals surface area (Å²) in [5, 5.41) is 12.0. The third-order valence-electron chi connectivity index (χ3n) is 3.73. The summed E-state index contributed by atoms with van der Waals surface area (Å²) in [4.78, 5) is 23.2. The van der Waals surface area contributed by atoms with Gasteiger partial charge in [-0.2, -0.15) is 0 Å². The van der Waals surface area contributed by atoms with Crippen LogP contribution in [0.5, 0.6) is 0 Å². The molecule has 1 unspecified atom stereocenters. The van der Waals surface area contributed by atoms with Crippen LogP contribution >= 0.6 is 0 Å². The lowest BCUT2D eigenvalue weighted by atomic mass is 9.82. The van der Waals surface area contributed by atoms with Crippen molar-refractivity contribution in [2.75, 3.05) is 27.4 Å². The zero-order chi connectivity index (χ0) is 14.3. The van der Waals surface area contributed by atoms with Crippen LogP contribution in [-0.4, -0.2) is 50.5 Å². The van der Waals surface area contributed by atoms with Crippen LogP contribution in [0.4, 0.5) is 0 Å². The first-order valence-electron chi connectivity index (χ1n) is 6.56. The SMILES string of the molecule is COCC(CNC(=O)CC1(C(=O)O)CCCC1)OC. The Bertz CT molecular complexity index is 312. The van der Waals surface area contributed by atoms with Crippen molar-refractivity contribution < 1.29 is 24.2 Å². The number of carboxylic acid groups (broad SMARTS) is 1. The lowest BCUT2D eigenvalue weighted by Crippen LogP contribution is -2.40. The summed E-state index contributed by atoms with van der Waals surface area (Å²) < 4.78 is 10.1. The number of amides is 1. The summed E-state index contributed by atoms with van der Waals surface area (Å²) >= 11 is 0. The van der Waals surface area contributed by atoms with Crippen molar-refractivity contribution in [3.8, 4) is 0 Å². The zero-order valence-corrected chi connectivity index (χ0v) is 11.6. The fourth-order valence-electron chi connectivity index (χ4n) is 2.51. The monoisotopic (exact) mass is 273 g/mol. The van der Waals surface area contributed by atoms with Gasteiger partial charge in [0.2, 0.25) is 5.91 Å². The van der Waals surface area contributed by atoms with Gasteiger partial charge >= 0.3 is 5.97 Å². The maximum atomic E-state index is 11.9. The second-order valence-corrected chi connectivity index (χ2v) is 5.09. The molecular weight excluding hydrogens is 250 g/mol. The fraction of sp³-hybridized carbons (Fsp3) is 0.846. The molecular formula is C13H23NO5. The molecule has 0 aromatic heterocycles. The van der Waals surface area contributed by atoms with E-state index in [-0.39, 0.29) is 18.4 Å². The van der Waals surface area contributed by atoms with Crippen molar-refractivity contribution in [1.29, 1.82) is 0 Å². The number of carboxylic acids is 1. The number of aliphatic carboxylic acids is 1. The van der Waals surface area contributed by atoms with Crippen molar-refractivity contribution in [3.63, 3.8) is 0 Å². The summed E-state index contributed by atoms with van der Waals surface area (Å²) in [6.07, 6.45) is 2.77. The van der Waals surface area contributed by atoms with Gasteiger partial charge in [0.25, 0.3) is 0 Å². The summed E-state index contributed by atoms with van der Waals surface area (Å²) in [6.45, 7) is 0.722. The van der Waals surface area contributed by atoms with Gasteiger partial charge in [0.1, 0.15) is 0 Å². The predicted molar refractivity (Wildman–Crippen MR) is 68.8 cm³/mol. The number of ether oxygens (including phenoxy) is 2. The smallest absolute Gasteiger partial charge is 0.310 e. The molecule has 0 aliphatic heterocycles. The zero-order valence-electron chi connectivity index (χ0n) is 11.6. The molecule has 0 aromatic rings. The van der Waals surface area contributed by atoms with Crippen molar-refractivity contribution in [2.45, 2.75) is 38.2 Å². The quantitative estimate of drug-likeness (QED) is 0.683. The van der Waals surface area contributed by atoms with Crippen LogP contribution in [0.2, 0.25) is 0 Å². The Balaban J connectivity index is 2.43. The maximum Gasteiger partial charge on any atom is 0.310 e. The Labute approximate surface area is 113 Å². The molecule has 1 aliphatic rings. The number of carbonyl (C=O) groups is 2. The Morgan fingerprint density at radius 1 is 1.32 bits per heavy atom. The van der Waals surface area contributed by atoms with Crippen molar-refractivity contribution in [3.05, 3.63) is 0 Å². The van der Waals surface area contributed by atoms with Gasteiger partial charge in [0, 0.05) is 27.2 Å². The maximum absolute atomic E-state index is 11.9. The third-order valence-corrected chi connectivity index (χ3v) is 3.73. The third kappa shape index (κ3) is 4.47. The Morgan fingerprint density at radius 2 is 1.95 bits per heavy atom. The lowest BCUT2D eigenvalue weighted by molar-refractivity contribution is -0.151. The minimum Gasteiger partial charge on any atom is -0.481 e. The number of hydrogen-bond acceptors (Lipinski definition) is 4. The predicted octanol–water partition coefficient (Wildman–Crippen LogP) is 0.799. The van der Waals surface area contributed by atoms with E-state index in [0.29, 0.717) is 26.0 Å². The number of carbonyl (C=O) groups excluding carboxylic acids is 1. The molecule has 110 valence electrons. The molecule has 0 aromatic carbocycles. The molecule has 1 atom stereocenters. The molecule has 1 rings (SSSR count). The van der Waals surface area contributed by atoms with E-state index in [4.69, 9.17) is 9.47 Å². The van der Waals surface area contributed by atoms with E-state index in [1.54, 1.807) is 14.2 Å². The molecule has 2 N–H and O–H groups in total. The number of rotatable bonds is 8. The molecule has 1 amide bonds. The molecule has 1 fully saturated rings. The highest BCUT2D eigenvalue weighted by atomic mass is 16.5. The molecule has 6 heteroatoms. The lowest BCUT2D eigenvalue weighted by Gasteiger charge is -2.23. The van der Waals surface area contributed by atoms with E-state index in [1.165, 1.54) is 0 Å². The molecule has 6 nitrogen and oxygen atoms in total. The first kappa shape index (κ1) is 15.9. The van der Waals surface area contributed by atoms with Crippen LogP contribution in [0.3, 0.4) is 0 Å². The molecule has 0 radical (unpaired) electrons. The number of hydrogen-bond donors (Lipinski definition) is 2. The molecule has 1 aliphatic carbocycles. The van der Waals surface area contributed by atoms with Gasteiger partial charge in [-0.05, 0) is 12.8 Å². The Morgan fingerprint density at radius 3 is 2.42 bits per heavy atom.